The largest absolute Gasteiger partial charge is 0.403 e. The summed E-state index contributed by atoms with van der Waals surface area (Å²) >= 11 is 0. The minimum atomic E-state index is -4.16. The van der Waals surface area contributed by atoms with E-state index in [0.29, 0.717) is 32.1 Å². The van der Waals surface area contributed by atoms with E-state index in [1.54, 1.807) is 12.3 Å². The van der Waals surface area contributed by atoms with Crippen LogP contribution in [0.15, 0.2) is 12.3 Å². The summed E-state index contributed by atoms with van der Waals surface area (Å²) in [6.45, 7) is 4.86. The van der Waals surface area contributed by atoms with Gasteiger partial charge < -0.3 is 4.90 Å². The van der Waals surface area contributed by atoms with E-state index >= 15 is 0 Å². The number of piperazine rings is 1. The van der Waals surface area contributed by atoms with Gasteiger partial charge in [-0.05, 0) is 19.9 Å². The Morgan fingerprint density at radius 1 is 1.21 bits per heavy atom. The third-order valence-electron chi connectivity index (χ3n) is 3.40. The molecule has 0 aliphatic carbocycles. The molecule has 0 saturated carbocycles. The van der Waals surface area contributed by atoms with E-state index in [1.165, 1.54) is 11.8 Å². The smallest absolute Gasteiger partial charge is 0.338 e. The van der Waals surface area contributed by atoms with Crippen molar-refractivity contribution in [2.24, 2.45) is 0 Å². The maximum atomic E-state index is 12.6. The average molecular weight is 274 g/mol. The molecule has 2 heterocycles. The van der Waals surface area contributed by atoms with Crippen LogP contribution in [-0.2, 0) is 0 Å². The summed E-state index contributed by atoms with van der Waals surface area (Å²) in [5.41, 5.74) is 0.857. The van der Waals surface area contributed by atoms with Gasteiger partial charge in [0.05, 0.1) is 0 Å². The van der Waals surface area contributed by atoms with E-state index in [0.717, 1.165) is 5.69 Å². The number of hydrogen-bond donors (Lipinski definition) is 0. The van der Waals surface area contributed by atoms with E-state index in [2.05, 4.69) is 9.97 Å². The van der Waals surface area contributed by atoms with Crippen LogP contribution in [0.2, 0.25) is 0 Å². The highest BCUT2D eigenvalue weighted by Gasteiger charge is 2.40. The number of aromatic nitrogens is 2. The van der Waals surface area contributed by atoms with Gasteiger partial charge in [-0.15, -0.1) is 0 Å². The van der Waals surface area contributed by atoms with Crippen LogP contribution >= 0.6 is 0 Å². The number of anilines is 1. The molecule has 0 aromatic carbocycles. The molecule has 1 unspecified atom stereocenters. The van der Waals surface area contributed by atoms with Gasteiger partial charge in [-0.3, -0.25) is 4.90 Å². The van der Waals surface area contributed by atoms with Crippen LogP contribution < -0.4 is 4.90 Å². The van der Waals surface area contributed by atoms with Crippen molar-refractivity contribution in [3.63, 3.8) is 0 Å². The molecule has 1 aromatic rings. The van der Waals surface area contributed by atoms with Crippen molar-refractivity contribution >= 4 is 5.95 Å². The molecule has 0 radical (unpaired) electrons. The molecule has 1 saturated heterocycles. The van der Waals surface area contributed by atoms with Crippen molar-refractivity contribution in [3.8, 4) is 0 Å². The molecule has 1 aliphatic heterocycles. The second-order valence-corrected chi connectivity index (χ2v) is 4.74. The maximum Gasteiger partial charge on any atom is 0.403 e. The number of rotatable bonds is 2. The zero-order valence-corrected chi connectivity index (χ0v) is 11.0. The van der Waals surface area contributed by atoms with Gasteiger partial charge in [0.2, 0.25) is 5.95 Å². The molecule has 1 aromatic heterocycles. The van der Waals surface area contributed by atoms with E-state index in [9.17, 15) is 13.2 Å². The second-order valence-electron chi connectivity index (χ2n) is 4.74. The number of aryl methyl sites for hydroxylation is 1. The fourth-order valence-electron chi connectivity index (χ4n) is 2.10. The van der Waals surface area contributed by atoms with Gasteiger partial charge >= 0.3 is 6.18 Å². The SMILES string of the molecule is Cc1ccnc(N2CCN(C(C)C(F)(F)F)CC2)n1. The van der Waals surface area contributed by atoms with Crippen LogP contribution in [0, 0.1) is 6.92 Å². The van der Waals surface area contributed by atoms with E-state index in [-0.39, 0.29) is 0 Å². The van der Waals surface area contributed by atoms with Crippen molar-refractivity contribution in [2.45, 2.75) is 26.1 Å². The van der Waals surface area contributed by atoms with Gasteiger partial charge in [-0.2, -0.15) is 13.2 Å². The Kier molecular flexibility index (Phi) is 3.93. The fourth-order valence-corrected chi connectivity index (χ4v) is 2.10. The lowest BCUT2D eigenvalue weighted by molar-refractivity contribution is -0.179. The summed E-state index contributed by atoms with van der Waals surface area (Å²) in [7, 11) is 0. The highest BCUT2D eigenvalue weighted by Crippen LogP contribution is 2.25. The lowest BCUT2D eigenvalue weighted by Gasteiger charge is -2.38. The third kappa shape index (κ3) is 3.34. The van der Waals surface area contributed by atoms with Crippen LogP contribution in [0.1, 0.15) is 12.6 Å². The van der Waals surface area contributed by atoms with Crippen LogP contribution in [-0.4, -0.2) is 53.3 Å². The number of nitrogens with zero attached hydrogens (tertiary/aromatic N) is 4. The zero-order valence-electron chi connectivity index (χ0n) is 11.0. The highest BCUT2D eigenvalue weighted by atomic mass is 19.4. The van der Waals surface area contributed by atoms with Crippen molar-refractivity contribution in [3.05, 3.63) is 18.0 Å². The molecule has 0 spiro atoms. The topological polar surface area (TPSA) is 32.3 Å². The Bertz CT molecular complexity index is 427. The van der Waals surface area contributed by atoms with Crippen molar-refractivity contribution < 1.29 is 13.2 Å². The molecule has 19 heavy (non-hydrogen) atoms. The first-order valence-corrected chi connectivity index (χ1v) is 6.23. The van der Waals surface area contributed by atoms with Crippen LogP contribution in [0.3, 0.4) is 0 Å². The third-order valence-corrected chi connectivity index (χ3v) is 3.40. The monoisotopic (exact) mass is 274 g/mol. The van der Waals surface area contributed by atoms with Crippen LogP contribution in [0.25, 0.3) is 0 Å². The molecule has 1 aliphatic rings. The highest BCUT2D eigenvalue weighted by molar-refractivity contribution is 5.30. The van der Waals surface area contributed by atoms with Crippen molar-refractivity contribution in [1.82, 2.24) is 14.9 Å². The Hall–Kier alpha value is -1.37. The number of alkyl halides is 3. The molecule has 7 heteroatoms. The molecule has 1 fully saturated rings. The van der Waals surface area contributed by atoms with Crippen LogP contribution in [0.4, 0.5) is 19.1 Å². The molecule has 0 amide bonds. The summed E-state index contributed by atoms with van der Waals surface area (Å²) in [5, 5.41) is 0. The van der Waals surface area contributed by atoms with Gasteiger partial charge in [0, 0.05) is 38.1 Å². The summed E-state index contributed by atoms with van der Waals surface area (Å²) in [5.74, 6) is 0.597. The van der Waals surface area contributed by atoms with Gasteiger partial charge in [0.25, 0.3) is 0 Å². The molecule has 4 nitrogen and oxygen atoms in total. The van der Waals surface area contributed by atoms with Gasteiger partial charge in [0.15, 0.2) is 0 Å². The van der Waals surface area contributed by atoms with Crippen LogP contribution in [0.5, 0.6) is 0 Å². The van der Waals surface area contributed by atoms with Gasteiger partial charge in [-0.1, -0.05) is 0 Å². The average Bonchev–Trinajstić information content (AvgIpc) is 2.37. The lowest BCUT2D eigenvalue weighted by atomic mass is 10.2. The van der Waals surface area contributed by atoms with E-state index < -0.39 is 12.2 Å². The molecule has 0 N–H and O–H groups in total. The molecule has 2 rings (SSSR count). The van der Waals surface area contributed by atoms with E-state index in [1.807, 2.05) is 11.8 Å². The standard InChI is InChI=1S/C12H17F3N4/c1-9-3-4-16-11(17-9)19-7-5-18(6-8-19)10(2)12(13,14)15/h3-4,10H,5-8H2,1-2H3. The molecule has 1 atom stereocenters. The second kappa shape index (κ2) is 5.32. The Morgan fingerprint density at radius 2 is 1.84 bits per heavy atom. The first-order valence-electron chi connectivity index (χ1n) is 6.23. The zero-order chi connectivity index (χ0) is 14.0. The first-order chi connectivity index (χ1) is 8.88. The summed E-state index contributed by atoms with van der Waals surface area (Å²) in [6, 6.07) is 0.402. The number of hydrogen-bond acceptors (Lipinski definition) is 4. The van der Waals surface area contributed by atoms with Gasteiger partial charge in [-0.25, -0.2) is 9.97 Å². The van der Waals surface area contributed by atoms with Gasteiger partial charge in [0.1, 0.15) is 6.04 Å². The summed E-state index contributed by atoms with van der Waals surface area (Å²) < 4.78 is 37.9. The molecular weight excluding hydrogens is 257 g/mol. The lowest BCUT2D eigenvalue weighted by Crippen LogP contribution is -2.54. The summed E-state index contributed by atoms with van der Waals surface area (Å²) in [4.78, 5) is 11.8. The predicted octanol–water partition coefficient (Wildman–Crippen LogP) is 1.86. The van der Waals surface area contributed by atoms with Crippen molar-refractivity contribution in [1.29, 1.82) is 0 Å². The number of halogens is 3. The minimum absolute atomic E-state index is 0.373. The quantitative estimate of drug-likeness (QED) is 0.824. The van der Waals surface area contributed by atoms with Crippen molar-refractivity contribution in [2.75, 3.05) is 31.1 Å². The molecular formula is C12H17F3N4. The summed E-state index contributed by atoms with van der Waals surface area (Å²) in [6.07, 6.45) is -2.50. The first kappa shape index (κ1) is 14.0. The minimum Gasteiger partial charge on any atom is -0.338 e. The fraction of sp³-hybridized carbons (Fsp3) is 0.667. The van der Waals surface area contributed by atoms with E-state index in [4.69, 9.17) is 0 Å². The normalized spacial score (nSPS) is 19.5. The predicted molar refractivity (Wildman–Crippen MR) is 66.1 cm³/mol. The Labute approximate surface area is 110 Å². The maximum absolute atomic E-state index is 12.6. The molecule has 106 valence electrons. The Balaban J connectivity index is 1.96. The Morgan fingerprint density at radius 3 is 2.37 bits per heavy atom. The molecule has 0 bridgehead atoms.